The highest BCUT2D eigenvalue weighted by Gasteiger charge is 2.28. The minimum absolute atomic E-state index is 0.0567. The normalized spacial score (nSPS) is 11.7. The second-order valence-corrected chi connectivity index (χ2v) is 7.70. The number of nitrogens with zero attached hydrogens (tertiary/aromatic N) is 4. The summed E-state index contributed by atoms with van der Waals surface area (Å²) >= 11 is 0. The maximum Gasteiger partial charge on any atom is 0.350 e. The van der Waals surface area contributed by atoms with Crippen LogP contribution in [0.2, 0.25) is 0 Å². The van der Waals surface area contributed by atoms with Gasteiger partial charge in [0.05, 0.1) is 14.2 Å². The van der Waals surface area contributed by atoms with E-state index in [2.05, 4.69) is 25.4 Å². The van der Waals surface area contributed by atoms with Crippen LogP contribution in [0.15, 0.2) is 53.6 Å². The first-order chi connectivity index (χ1) is 17.4. The second-order valence-electron chi connectivity index (χ2n) is 7.70. The van der Waals surface area contributed by atoms with Crippen molar-refractivity contribution in [3.05, 3.63) is 87.6 Å². The van der Waals surface area contributed by atoms with Gasteiger partial charge in [0, 0.05) is 29.2 Å². The van der Waals surface area contributed by atoms with Crippen molar-refractivity contribution in [1.82, 2.24) is 24.7 Å². The molecule has 0 aliphatic carbocycles. The lowest BCUT2D eigenvalue weighted by Crippen LogP contribution is -2.18. The molecule has 11 nitrogen and oxygen atoms in total. The zero-order valence-electron chi connectivity index (χ0n) is 19.9. The summed E-state index contributed by atoms with van der Waals surface area (Å²) in [4.78, 5) is 23.6. The Balaban J connectivity index is 1.88. The van der Waals surface area contributed by atoms with Gasteiger partial charge in [0.15, 0.2) is 23.1 Å². The summed E-state index contributed by atoms with van der Waals surface area (Å²) in [5.41, 5.74) is 6.95. The van der Waals surface area contributed by atoms with Crippen molar-refractivity contribution >= 4 is 11.5 Å². The summed E-state index contributed by atoms with van der Waals surface area (Å²) in [6.07, 6.45) is 3.50. The standard InChI is InChI=1S/C24H25FN8O3/c1-4-13-12-16(17(25)20(36-3)19(13)35-2)18(30-15-8-6-14(7-9-15)21(26)27)22-31-24(34)33(32-22)23-28-10-5-11-29-23/h5-12,18,30H,4H2,1-3H3,(H3,26,27)(H,31,32,34). The predicted molar refractivity (Wildman–Crippen MR) is 132 cm³/mol. The molecule has 0 fully saturated rings. The van der Waals surface area contributed by atoms with Crippen LogP contribution in [-0.2, 0) is 6.42 Å². The molecule has 0 radical (unpaired) electrons. The average molecular weight is 493 g/mol. The summed E-state index contributed by atoms with van der Waals surface area (Å²) in [5.74, 6) is -0.326. The number of aryl methyl sites for hydroxylation is 1. The van der Waals surface area contributed by atoms with Crippen LogP contribution in [0.25, 0.3) is 5.95 Å². The van der Waals surface area contributed by atoms with E-state index < -0.39 is 17.5 Å². The van der Waals surface area contributed by atoms with Crippen LogP contribution >= 0.6 is 0 Å². The molecule has 12 heteroatoms. The number of ether oxygens (including phenoxy) is 2. The zero-order chi connectivity index (χ0) is 25.8. The number of benzene rings is 2. The van der Waals surface area contributed by atoms with Crippen LogP contribution in [0, 0.1) is 11.2 Å². The van der Waals surface area contributed by atoms with Crippen molar-refractivity contribution in [3.8, 4) is 17.4 Å². The van der Waals surface area contributed by atoms with Gasteiger partial charge >= 0.3 is 5.69 Å². The maximum absolute atomic E-state index is 15.8. The molecule has 5 N–H and O–H groups in total. The lowest BCUT2D eigenvalue weighted by atomic mass is 9.99. The van der Waals surface area contributed by atoms with Crippen molar-refractivity contribution in [3.63, 3.8) is 0 Å². The molecular formula is C24H25FN8O3. The fourth-order valence-corrected chi connectivity index (χ4v) is 3.78. The Kier molecular flexibility index (Phi) is 6.95. The number of aromatic amines is 1. The minimum atomic E-state index is -0.948. The number of methoxy groups -OCH3 is 2. The number of hydrogen-bond donors (Lipinski definition) is 4. The van der Waals surface area contributed by atoms with Gasteiger partial charge in [-0.15, -0.1) is 9.78 Å². The van der Waals surface area contributed by atoms with Crippen molar-refractivity contribution < 1.29 is 13.9 Å². The van der Waals surface area contributed by atoms with Crippen molar-refractivity contribution in [2.24, 2.45) is 5.73 Å². The minimum Gasteiger partial charge on any atom is -0.492 e. The topological polar surface area (TPSA) is 157 Å². The molecule has 36 heavy (non-hydrogen) atoms. The van der Waals surface area contributed by atoms with E-state index in [1.165, 1.54) is 26.6 Å². The Labute approximate surface area is 205 Å². The van der Waals surface area contributed by atoms with Gasteiger partial charge in [-0.2, -0.15) is 0 Å². The summed E-state index contributed by atoms with van der Waals surface area (Å²) < 4.78 is 27.6. The fraction of sp³-hybridized carbons (Fsp3) is 0.208. The first-order valence-electron chi connectivity index (χ1n) is 11.0. The highest BCUT2D eigenvalue weighted by atomic mass is 19.1. The molecule has 0 aliphatic heterocycles. The number of amidine groups is 1. The van der Waals surface area contributed by atoms with Gasteiger partial charge in [-0.1, -0.05) is 6.92 Å². The van der Waals surface area contributed by atoms with Crippen molar-refractivity contribution in [1.29, 1.82) is 5.41 Å². The van der Waals surface area contributed by atoms with Crippen LogP contribution in [-0.4, -0.2) is 44.8 Å². The molecule has 0 spiro atoms. The van der Waals surface area contributed by atoms with Gasteiger partial charge in [0.25, 0.3) is 5.95 Å². The molecule has 0 saturated heterocycles. The number of halogens is 1. The molecule has 186 valence electrons. The maximum atomic E-state index is 15.8. The van der Waals surface area contributed by atoms with Crippen LogP contribution in [0.5, 0.6) is 11.5 Å². The van der Waals surface area contributed by atoms with Gasteiger partial charge in [0.2, 0.25) is 0 Å². The highest BCUT2D eigenvalue weighted by Crippen LogP contribution is 2.40. The lowest BCUT2D eigenvalue weighted by Gasteiger charge is -2.22. The number of hydrogen-bond acceptors (Lipinski definition) is 8. The van der Waals surface area contributed by atoms with E-state index in [0.717, 1.165) is 4.68 Å². The third kappa shape index (κ3) is 4.60. The Morgan fingerprint density at radius 3 is 2.44 bits per heavy atom. The SMILES string of the molecule is CCc1cc(C(Nc2ccc(C(=N)N)cc2)c2nn(-c3ncccn3)c(=O)[nH]2)c(F)c(OC)c1OC. The summed E-state index contributed by atoms with van der Waals surface area (Å²) in [6.45, 7) is 1.91. The second kappa shape index (κ2) is 10.3. The average Bonchev–Trinajstić information content (AvgIpc) is 3.29. The molecular weight excluding hydrogens is 467 g/mol. The van der Waals surface area contributed by atoms with E-state index in [1.807, 2.05) is 6.92 Å². The molecule has 2 aromatic carbocycles. The van der Waals surface area contributed by atoms with Gasteiger partial charge in [-0.05, 0) is 48.4 Å². The monoisotopic (exact) mass is 492 g/mol. The summed E-state index contributed by atoms with van der Waals surface area (Å²) in [7, 11) is 2.80. The molecule has 4 aromatic rings. The fourth-order valence-electron chi connectivity index (χ4n) is 3.78. The molecule has 0 bridgehead atoms. The van der Waals surface area contributed by atoms with Gasteiger partial charge in [0.1, 0.15) is 11.9 Å². The van der Waals surface area contributed by atoms with E-state index in [-0.39, 0.29) is 28.9 Å². The molecule has 1 atom stereocenters. The molecule has 0 amide bonds. The van der Waals surface area contributed by atoms with E-state index >= 15 is 4.39 Å². The number of H-pyrrole nitrogens is 1. The Morgan fingerprint density at radius 2 is 1.86 bits per heavy atom. The molecule has 1 unspecified atom stereocenters. The number of nitrogens with one attached hydrogen (secondary N) is 3. The van der Waals surface area contributed by atoms with E-state index in [9.17, 15) is 4.79 Å². The van der Waals surface area contributed by atoms with Crippen LogP contribution in [0.1, 0.15) is 35.5 Å². The Morgan fingerprint density at radius 1 is 1.19 bits per heavy atom. The third-order valence-corrected chi connectivity index (χ3v) is 5.54. The quantitative estimate of drug-likeness (QED) is 0.205. The molecule has 4 rings (SSSR count). The molecule has 0 aliphatic rings. The highest BCUT2D eigenvalue weighted by molar-refractivity contribution is 5.95. The summed E-state index contributed by atoms with van der Waals surface area (Å²) in [5, 5.41) is 15.2. The first kappa shape index (κ1) is 24.4. The van der Waals surface area contributed by atoms with E-state index in [0.29, 0.717) is 29.0 Å². The molecule has 2 heterocycles. The first-order valence-corrected chi connectivity index (χ1v) is 11.0. The predicted octanol–water partition coefficient (Wildman–Crippen LogP) is 2.55. The smallest absolute Gasteiger partial charge is 0.350 e. The van der Waals surface area contributed by atoms with Crippen LogP contribution < -0.4 is 26.2 Å². The largest absolute Gasteiger partial charge is 0.492 e. The van der Waals surface area contributed by atoms with Crippen LogP contribution in [0.4, 0.5) is 10.1 Å². The summed E-state index contributed by atoms with van der Waals surface area (Å²) in [6, 6.07) is 9.01. The molecule has 0 saturated carbocycles. The van der Waals surface area contributed by atoms with Crippen molar-refractivity contribution in [2.45, 2.75) is 19.4 Å². The lowest BCUT2D eigenvalue weighted by molar-refractivity contribution is 0.333. The third-order valence-electron chi connectivity index (χ3n) is 5.54. The van der Waals surface area contributed by atoms with Gasteiger partial charge in [-0.25, -0.2) is 19.2 Å². The van der Waals surface area contributed by atoms with Crippen molar-refractivity contribution in [2.75, 3.05) is 19.5 Å². The van der Waals surface area contributed by atoms with Gasteiger partial charge in [-0.3, -0.25) is 10.4 Å². The number of nitrogens with two attached hydrogens (primary N) is 1. The zero-order valence-corrected chi connectivity index (χ0v) is 19.9. The van der Waals surface area contributed by atoms with E-state index in [1.54, 1.807) is 36.4 Å². The van der Waals surface area contributed by atoms with E-state index in [4.69, 9.17) is 20.6 Å². The Bertz CT molecular complexity index is 1430. The number of rotatable bonds is 9. The number of nitrogen functional groups attached to an aromatic ring is 1. The Hall–Kier alpha value is -4.74. The van der Waals surface area contributed by atoms with Gasteiger partial charge < -0.3 is 20.5 Å². The molecule has 2 aromatic heterocycles. The number of anilines is 1. The number of aromatic nitrogens is 5. The van der Waals surface area contributed by atoms with Crippen LogP contribution in [0.3, 0.4) is 0 Å².